The average Bonchev–Trinajstić information content (AvgIpc) is 2.94. The number of ether oxygens (including phenoxy) is 4. The lowest BCUT2D eigenvalue weighted by molar-refractivity contribution is -0.251. The minimum absolute atomic E-state index is 0.0294. The molecular formula is C30H36NO8P. The van der Waals surface area contributed by atoms with Gasteiger partial charge in [0.25, 0.3) is 0 Å². The molecule has 4 rings (SSSR count). The third-order valence-electron chi connectivity index (χ3n) is 6.83. The second-order valence-corrected chi connectivity index (χ2v) is 11.7. The first kappa shape index (κ1) is 30.1. The molecule has 1 fully saturated rings. The van der Waals surface area contributed by atoms with Crippen LogP contribution < -0.4 is 5.32 Å². The van der Waals surface area contributed by atoms with Gasteiger partial charge < -0.3 is 34.1 Å². The van der Waals surface area contributed by atoms with Gasteiger partial charge in [0, 0.05) is 6.92 Å². The van der Waals surface area contributed by atoms with Crippen molar-refractivity contribution in [1.82, 2.24) is 5.32 Å². The molecule has 1 aliphatic rings. The third-order valence-corrected chi connectivity index (χ3v) is 8.31. The van der Waals surface area contributed by atoms with Gasteiger partial charge in [0.2, 0.25) is 11.2 Å². The Hall–Kier alpha value is -2.88. The minimum Gasteiger partial charge on any atom is -0.373 e. The Kier molecular flexibility index (Phi) is 10.3. The molecule has 3 aromatic carbocycles. The van der Waals surface area contributed by atoms with E-state index in [1.807, 2.05) is 91.0 Å². The standard InChI is InChI=1S/C30H36NO8P/c1-22-27(31-23(2)32)28(37-19-25-14-8-4-9-15-25)29(38-20-26-16-10-5-11-17-26)30(39-22,40(33,34)35)21-36-18-24-12-6-3-7-13-24/h3-17,22,27-29H,18-21H2,1-2H3,(H,31,32)(H2,33,34,35)/t22-,27+,28+,29-,30+/m0/s1. The Bertz CT molecular complexity index is 1260. The smallest absolute Gasteiger partial charge is 0.362 e. The monoisotopic (exact) mass is 569 g/mol. The van der Waals surface area contributed by atoms with E-state index in [1.54, 1.807) is 6.92 Å². The zero-order valence-electron chi connectivity index (χ0n) is 22.6. The van der Waals surface area contributed by atoms with Crippen molar-refractivity contribution in [1.29, 1.82) is 0 Å². The molecule has 0 aromatic heterocycles. The van der Waals surface area contributed by atoms with Crippen molar-refractivity contribution in [3.8, 4) is 0 Å². The highest BCUT2D eigenvalue weighted by atomic mass is 31.2. The highest BCUT2D eigenvalue weighted by Crippen LogP contribution is 2.58. The summed E-state index contributed by atoms with van der Waals surface area (Å²) >= 11 is 0. The summed E-state index contributed by atoms with van der Waals surface area (Å²) in [4.78, 5) is 33.9. The van der Waals surface area contributed by atoms with E-state index in [4.69, 9.17) is 18.9 Å². The molecule has 10 heteroatoms. The Balaban J connectivity index is 1.71. The predicted octanol–water partition coefficient (Wildman–Crippen LogP) is 4.17. The number of hydrogen-bond donors (Lipinski definition) is 3. The van der Waals surface area contributed by atoms with Gasteiger partial charge in [0.15, 0.2) is 0 Å². The van der Waals surface area contributed by atoms with Crippen LogP contribution in [0.3, 0.4) is 0 Å². The van der Waals surface area contributed by atoms with E-state index in [0.29, 0.717) is 0 Å². The summed E-state index contributed by atoms with van der Waals surface area (Å²) in [5, 5.41) is 0.652. The Morgan fingerprint density at radius 3 is 1.80 bits per heavy atom. The topological polar surface area (TPSA) is 124 Å². The number of amides is 1. The number of hydrogen-bond acceptors (Lipinski definition) is 6. The normalized spacial score (nSPS) is 24.9. The molecule has 40 heavy (non-hydrogen) atoms. The van der Waals surface area contributed by atoms with Crippen molar-refractivity contribution in [3.63, 3.8) is 0 Å². The van der Waals surface area contributed by atoms with Crippen molar-refractivity contribution < 1.29 is 38.1 Å². The summed E-state index contributed by atoms with van der Waals surface area (Å²) in [5.41, 5.74) is 2.48. The molecule has 214 valence electrons. The molecule has 1 saturated heterocycles. The van der Waals surface area contributed by atoms with Crippen LogP contribution in [0.15, 0.2) is 91.0 Å². The van der Waals surface area contributed by atoms with Crippen LogP contribution in [0.5, 0.6) is 0 Å². The maximum absolute atomic E-state index is 13.3. The van der Waals surface area contributed by atoms with Gasteiger partial charge in [-0.25, -0.2) is 0 Å². The summed E-state index contributed by atoms with van der Waals surface area (Å²) in [6, 6.07) is 27.2. The highest BCUT2D eigenvalue weighted by Gasteiger charge is 2.64. The van der Waals surface area contributed by atoms with E-state index < -0.39 is 43.9 Å². The van der Waals surface area contributed by atoms with Gasteiger partial charge in [0.05, 0.1) is 38.6 Å². The summed E-state index contributed by atoms with van der Waals surface area (Å²) in [6.45, 7) is 2.82. The summed E-state index contributed by atoms with van der Waals surface area (Å²) in [7, 11) is -5.07. The van der Waals surface area contributed by atoms with Crippen LogP contribution in [0, 0.1) is 0 Å². The maximum Gasteiger partial charge on any atom is 0.362 e. The van der Waals surface area contributed by atoms with E-state index in [9.17, 15) is 19.1 Å². The van der Waals surface area contributed by atoms with Crippen molar-refractivity contribution in [3.05, 3.63) is 108 Å². The molecule has 0 radical (unpaired) electrons. The van der Waals surface area contributed by atoms with E-state index in [1.165, 1.54) is 6.92 Å². The number of nitrogens with one attached hydrogen (secondary N) is 1. The van der Waals surface area contributed by atoms with E-state index in [2.05, 4.69) is 5.32 Å². The lowest BCUT2D eigenvalue weighted by Gasteiger charge is -2.52. The van der Waals surface area contributed by atoms with Crippen LogP contribution in [0.25, 0.3) is 0 Å². The molecule has 0 spiro atoms. The van der Waals surface area contributed by atoms with Gasteiger partial charge in [-0.2, -0.15) is 0 Å². The first-order valence-corrected chi connectivity index (χ1v) is 14.7. The van der Waals surface area contributed by atoms with E-state index >= 15 is 0 Å². The van der Waals surface area contributed by atoms with Crippen molar-refractivity contribution in [2.24, 2.45) is 0 Å². The van der Waals surface area contributed by atoms with Crippen LogP contribution in [-0.4, -0.2) is 52.0 Å². The quantitative estimate of drug-likeness (QED) is 0.278. The Labute approximate surface area is 234 Å². The Morgan fingerprint density at radius 1 is 0.850 bits per heavy atom. The van der Waals surface area contributed by atoms with Gasteiger partial charge in [-0.3, -0.25) is 9.36 Å². The molecule has 3 aromatic rings. The first-order chi connectivity index (χ1) is 19.2. The molecule has 1 heterocycles. The molecule has 9 nitrogen and oxygen atoms in total. The van der Waals surface area contributed by atoms with Crippen LogP contribution in [-0.2, 0) is 48.1 Å². The fraction of sp³-hybridized carbons (Fsp3) is 0.367. The fourth-order valence-corrected chi connectivity index (χ4v) is 5.99. The SMILES string of the molecule is CC(=O)N[C@H]1[C@@H](OCc2ccccc2)[C@H](OCc2ccccc2)[C@@](COCc2ccccc2)(P(=O)(O)O)O[C@H]1C. The van der Waals surface area contributed by atoms with Gasteiger partial charge in [0.1, 0.15) is 12.2 Å². The largest absolute Gasteiger partial charge is 0.373 e. The van der Waals surface area contributed by atoms with Crippen molar-refractivity contribution >= 4 is 13.5 Å². The van der Waals surface area contributed by atoms with Crippen LogP contribution in [0.1, 0.15) is 30.5 Å². The second kappa shape index (κ2) is 13.7. The van der Waals surface area contributed by atoms with E-state index in [0.717, 1.165) is 16.7 Å². The predicted molar refractivity (Wildman–Crippen MR) is 149 cm³/mol. The molecule has 1 amide bonds. The van der Waals surface area contributed by atoms with Gasteiger partial charge >= 0.3 is 7.60 Å². The molecule has 5 atom stereocenters. The van der Waals surface area contributed by atoms with Gasteiger partial charge in [-0.05, 0) is 23.6 Å². The average molecular weight is 570 g/mol. The second-order valence-electron chi connectivity index (χ2n) is 9.89. The zero-order valence-corrected chi connectivity index (χ0v) is 23.5. The number of rotatable bonds is 12. The highest BCUT2D eigenvalue weighted by molar-refractivity contribution is 7.53. The molecule has 1 aliphatic heterocycles. The molecular weight excluding hydrogens is 533 g/mol. The molecule has 3 N–H and O–H groups in total. The maximum atomic E-state index is 13.3. The molecule has 0 bridgehead atoms. The fourth-order valence-electron chi connectivity index (χ4n) is 4.88. The van der Waals surface area contributed by atoms with Crippen LogP contribution in [0.2, 0.25) is 0 Å². The molecule has 0 unspecified atom stereocenters. The third kappa shape index (κ3) is 7.44. The van der Waals surface area contributed by atoms with Gasteiger partial charge in [-0.15, -0.1) is 0 Å². The minimum atomic E-state index is -5.07. The van der Waals surface area contributed by atoms with Gasteiger partial charge in [-0.1, -0.05) is 91.0 Å². The lowest BCUT2D eigenvalue weighted by Crippen LogP contribution is -2.69. The number of carbonyl (C=O) groups is 1. The van der Waals surface area contributed by atoms with Crippen LogP contribution >= 0.6 is 7.60 Å². The first-order valence-electron chi connectivity index (χ1n) is 13.1. The molecule has 0 saturated carbocycles. The van der Waals surface area contributed by atoms with Crippen molar-refractivity contribution in [2.75, 3.05) is 6.61 Å². The summed E-state index contributed by atoms with van der Waals surface area (Å²) < 4.78 is 38.1. The lowest BCUT2D eigenvalue weighted by atomic mass is 9.92. The molecule has 0 aliphatic carbocycles. The number of benzene rings is 3. The van der Waals surface area contributed by atoms with Crippen molar-refractivity contribution in [2.45, 2.75) is 63.4 Å². The zero-order chi connectivity index (χ0) is 28.6. The summed E-state index contributed by atoms with van der Waals surface area (Å²) in [6.07, 6.45) is -3.13. The van der Waals surface area contributed by atoms with E-state index in [-0.39, 0.29) is 25.7 Å². The number of carbonyl (C=O) groups excluding carboxylic acids is 1. The Morgan fingerprint density at radius 2 is 1.32 bits per heavy atom. The van der Waals surface area contributed by atoms with Crippen LogP contribution in [0.4, 0.5) is 0 Å². The summed E-state index contributed by atoms with van der Waals surface area (Å²) in [5.74, 6) is -0.334.